The summed E-state index contributed by atoms with van der Waals surface area (Å²) in [6.07, 6.45) is 5.60. The number of hydrogen-bond donors (Lipinski definition) is 2. The smallest absolute Gasteiger partial charge is 0.355 e. The van der Waals surface area contributed by atoms with Crippen molar-refractivity contribution in [2.24, 2.45) is 5.92 Å². The predicted molar refractivity (Wildman–Crippen MR) is 115 cm³/mol. The highest BCUT2D eigenvalue weighted by molar-refractivity contribution is 5.28. The van der Waals surface area contributed by atoms with Gasteiger partial charge in [-0.2, -0.15) is 4.98 Å². The topological polar surface area (TPSA) is 102 Å². The molecule has 8 nitrogen and oxygen atoms in total. The van der Waals surface area contributed by atoms with E-state index in [-0.39, 0.29) is 30.2 Å². The number of rotatable bonds is 7. The van der Waals surface area contributed by atoms with Crippen LogP contribution in [0.15, 0.2) is 44.8 Å². The molecule has 0 radical (unpaired) electrons. The largest absolute Gasteiger partial charge is 0.355 e. The van der Waals surface area contributed by atoms with E-state index in [0.29, 0.717) is 12.5 Å². The fraction of sp³-hybridized carbons (Fsp3) is 0.364. The van der Waals surface area contributed by atoms with E-state index in [9.17, 15) is 27.6 Å². The zero-order chi connectivity index (χ0) is 23.5. The number of H-pyrrole nitrogens is 1. The highest BCUT2D eigenvalue weighted by atomic mass is 19.2. The quantitative estimate of drug-likeness (QED) is 0.526. The molecule has 2 N–H and O–H groups in total. The van der Waals surface area contributed by atoms with Gasteiger partial charge in [0.15, 0.2) is 17.5 Å². The molecule has 3 aromatic rings. The average Bonchev–Trinajstić information content (AvgIpc) is 3.30. The lowest BCUT2D eigenvalue weighted by Gasteiger charge is -2.17. The normalized spacial score (nSPS) is 14.0. The summed E-state index contributed by atoms with van der Waals surface area (Å²) in [6.45, 7) is -0.228. The molecule has 11 heteroatoms. The van der Waals surface area contributed by atoms with E-state index in [0.717, 1.165) is 47.0 Å². The van der Waals surface area contributed by atoms with Crippen LogP contribution in [0.4, 0.5) is 19.1 Å². The second kappa shape index (κ2) is 9.47. The standard InChI is InChI=1S/C22H22F3N5O3/c23-16-8-14(9-17(24)18(16)25)11-29-20(27-10-13-4-1-2-5-13)28-21(32)30(22(29)33)12-15-6-3-7-26-19(15)31/h3,6-9,13H,1-2,4-5,10-12H2,(H,26,31)(H,27,28,32). The number of hydrogen-bond acceptors (Lipinski definition) is 5. The molecule has 33 heavy (non-hydrogen) atoms. The second-order valence-corrected chi connectivity index (χ2v) is 8.10. The third-order valence-corrected chi connectivity index (χ3v) is 5.79. The summed E-state index contributed by atoms with van der Waals surface area (Å²) in [6, 6.07) is 4.58. The molecule has 1 aliphatic carbocycles. The van der Waals surface area contributed by atoms with Crippen LogP contribution in [0.2, 0.25) is 0 Å². The Kier molecular flexibility index (Phi) is 6.47. The number of anilines is 1. The van der Waals surface area contributed by atoms with E-state index in [1.165, 1.54) is 12.3 Å². The summed E-state index contributed by atoms with van der Waals surface area (Å²) < 4.78 is 42.7. The summed E-state index contributed by atoms with van der Waals surface area (Å²) in [5.74, 6) is -4.11. The van der Waals surface area contributed by atoms with E-state index in [4.69, 9.17) is 0 Å². The van der Waals surface area contributed by atoms with E-state index in [1.807, 2.05) is 0 Å². The lowest BCUT2D eigenvalue weighted by molar-refractivity contribution is 0.444. The Balaban J connectivity index is 1.75. The zero-order valence-electron chi connectivity index (χ0n) is 17.6. The monoisotopic (exact) mass is 461 g/mol. The Morgan fingerprint density at radius 2 is 1.73 bits per heavy atom. The molecule has 2 aromatic heterocycles. The number of benzene rings is 1. The maximum atomic E-state index is 13.7. The number of pyridine rings is 1. The molecule has 0 saturated heterocycles. The van der Waals surface area contributed by atoms with E-state index in [1.54, 1.807) is 6.07 Å². The van der Waals surface area contributed by atoms with Crippen LogP contribution in [0.25, 0.3) is 0 Å². The molecule has 0 bridgehead atoms. The van der Waals surface area contributed by atoms with E-state index >= 15 is 0 Å². The van der Waals surface area contributed by atoms with Crippen LogP contribution in [0.1, 0.15) is 36.8 Å². The molecule has 0 atom stereocenters. The van der Waals surface area contributed by atoms with Gasteiger partial charge in [-0.05, 0) is 42.5 Å². The van der Waals surface area contributed by atoms with Gasteiger partial charge < -0.3 is 10.3 Å². The van der Waals surface area contributed by atoms with Crippen molar-refractivity contribution >= 4 is 5.95 Å². The first-order valence-electron chi connectivity index (χ1n) is 10.6. The van der Waals surface area contributed by atoms with Crippen LogP contribution in [0.5, 0.6) is 0 Å². The molecular formula is C22H22F3N5O3. The Morgan fingerprint density at radius 1 is 1.03 bits per heavy atom. The van der Waals surface area contributed by atoms with Gasteiger partial charge in [0.05, 0.1) is 13.1 Å². The molecule has 1 aliphatic rings. The molecule has 4 rings (SSSR count). The van der Waals surface area contributed by atoms with Gasteiger partial charge in [-0.25, -0.2) is 27.3 Å². The summed E-state index contributed by atoms with van der Waals surface area (Å²) in [5, 5.41) is 3.01. The van der Waals surface area contributed by atoms with E-state index in [2.05, 4.69) is 15.3 Å². The third-order valence-electron chi connectivity index (χ3n) is 5.79. The summed E-state index contributed by atoms with van der Waals surface area (Å²) in [5.41, 5.74) is -2.03. The molecule has 1 aromatic carbocycles. The summed E-state index contributed by atoms with van der Waals surface area (Å²) >= 11 is 0. The second-order valence-electron chi connectivity index (χ2n) is 8.10. The van der Waals surface area contributed by atoms with Crippen molar-refractivity contribution in [2.45, 2.75) is 38.8 Å². The fourth-order valence-corrected chi connectivity index (χ4v) is 4.03. The first-order valence-corrected chi connectivity index (χ1v) is 10.6. The third kappa shape index (κ3) is 4.91. The van der Waals surface area contributed by atoms with Gasteiger partial charge in [0.25, 0.3) is 5.56 Å². The minimum atomic E-state index is -1.61. The van der Waals surface area contributed by atoms with Crippen LogP contribution < -0.4 is 22.3 Å². The maximum absolute atomic E-state index is 13.7. The molecule has 0 aliphatic heterocycles. The van der Waals surface area contributed by atoms with Crippen molar-refractivity contribution in [3.8, 4) is 0 Å². The fourth-order valence-electron chi connectivity index (χ4n) is 4.03. The van der Waals surface area contributed by atoms with Crippen LogP contribution in [0.3, 0.4) is 0 Å². The lowest BCUT2D eigenvalue weighted by Crippen LogP contribution is -2.44. The summed E-state index contributed by atoms with van der Waals surface area (Å²) in [4.78, 5) is 44.3. The molecule has 174 valence electrons. The van der Waals surface area contributed by atoms with Gasteiger partial charge in [0, 0.05) is 18.3 Å². The highest BCUT2D eigenvalue weighted by Crippen LogP contribution is 2.24. The Hall–Kier alpha value is -3.63. The van der Waals surface area contributed by atoms with Crippen molar-refractivity contribution in [1.82, 2.24) is 19.1 Å². The SMILES string of the molecule is O=c1[nH]cccc1Cn1c(=O)nc(NCC2CCCC2)n(Cc2cc(F)c(F)c(F)c2)c1=O. The van der Waals surface area contributed by atoms with Gasteiger partial charge >= 0.3 is 11.4 Å². The molecule has 1 fully saturated rings. The minimum absolute atomic E-state index is 0.0260. The van der Waals surface area contributed by atoms with Crippen molar-refractivity contribution in [1.29, 1.82) is 0 Å². The number of halogens is 3. The van der Waals surface area contributed by atoms with Crippen LogP contribution in [-0.2, 0) is 13.1 Å². The minimum Gasteiger partial charge on any atom is -0.355 e. The number of nitrogens with zero attached hydrogens (tertiary/aromatic N) is 3. The molecule has 0 unspecified atom stereocenters. The van der Waals surface area contributed by atoms with Crippen molar-refractivity contribution in [3.05, 3.63) is 90.4 Å². The average molecular weight is 461 g/mol. The van der Waals surface area contributed by atoms with Crippen molar-refractivity contribution in [3.63, 3.8) is 0 Å². The zero-order valence-corrected chi connectivity index (χ0v) is 17.6. The van der Waals surface area contributed by atoms with E-state index < -0.39 is 34.4 Å². The van der Waals surface area contributed by atoms with Crippen LogP contribution in [0, 0.1) is 23.4 Å². The number of aromatic nitrogens is 4. The molecule has 2 heterocycles. The highest BCUT2D eigenvalue weighted by Gasteiger charge is 2.19. The Bertz CT molecular complexity index is 1320. The maximum Gasteiger partial charge on any atom is 0.355 e. The molecule has 1 saturated carbocycles. The van der Waals surface area contributed by atoms with Crippen LogP contribution >= 0.6 is 0 Å². The number of nitrogens with one attached hydrogen (secondary N) is 2. The van der Waals surface area contributed by atoms with Crippen LogP contribution in [-0.4, -0.2) is 25.6 Å². The first-order chi connectivity index (χ1) is 15.8. The summed E-state index contributed by atoms with van der Waals surface area (Å²) in [7, 11) is 0. The van der Waals surface area contributed by atoms with Crippen molar-refractivity contribution in [2.75, 3.05) is 11.9 Å². The molecule has 0 spiro atoms. The Labute approximate surface area is 185 Å². The molecule has 0 amide bonds. The number of aromatic amines is 1. The molecular weight excluding hydrogens is 439 g/mol. The van der Waals surface area contributed by atoms with Crippen molar-refractivity contribution < 1.29 is 13.2 Å². The van der Waals surface area contributed by atoms with Gasteiger partial charge in [-0.3, -0.25) is 9.36 Å². The van der Waals surface area contributed by atoms with Gasteiger partial charge in [-0.15, -0.1) is 0 Å². The van der Waals surface area contributed by atoms with Gasteiger partial charge in [-0.1, -0.05) is 18.9 Å². The van der Waals surface area contributed by atoms with Gasteiger partial charge in [0.1, 0.15) is 0 Å². The lowest BCUT2D eigenvalue weighted by atomic mass is 10.1. The first kappa shape index (κ1) is 22.6. The van der Waals surface area contributed by atoms with Gasteiger partial charge in [0.2, 0.25) is 5.95 Å². The Morgan fingerprint density at radius 3 is 2.39 bits per heavy atom. The predicted octanol–water partition coefficient (Wildman–Crippen LogP) is 2.21.